The predicted octanol–water partition coefficient (Wildman–Crippen LogP) is 3.72. The molecule has 0 saturated carbocycles. The molecule has 2 nitrogen and oxygen atoms in total. The summed E-state index contributed by atoms with van der Waals surface area (Å²) in [4.78, 5) is 4.20. The SMILES string of the molecule is CCC(C)(C)Oc1nccc(C)c1Br. The van der Waals surface area contributed by atoms with Crippen molar-refractivity contribution in [2.75, 3.05) is 0 Å². The highest BCUT2D eigenvalue weighted by Crippen LogP contribution is 2.29. The zero-order valence-electron chi connectivity index (χ0n) is 9.10. The standard InChI is InChI=1S/C11H16BrNO/c1-5-11(3,4)14-10-9(12)8(2)6-7-13-10/h6-7H,5H2,1-4H3. The van der Waals surface area contributed by atoms with Crippen molar-refractivity contribution in [3.8, 4) is 5.88 Å². The van der Waals surface area contributed by atoms with Crippen LogP contribution in [0, 0.1) is 6.92 Å². The lowest BCUT2D eigenvalue weighted by Crippen LogP contribution is -2.27. The first kappa shape index (κ1) is 11.5. The van der Waals surface area contributed by atoms with Gasteiger partial charge in [0.15, 0.2) is 0 Å². The monoisotopic (exact) mass is 257 g/mol. The number of pyridine rings is 1. The molecule has 3 heteroatoms. The van der Waals surface area contributed by atoms with Crippen molar-refractivity contribution in [1.82, 2.24) is 4.98 Å². The smallest absolute Gasteiger partial charge is 0.228 e. The summed E-state index contributed by atoms with van der Waals surface area (Å²) in [6.07, 6.45) is 2.72. The maximum absolute atomic E-state index is 5.80. The lowest BCUT2D eigenvalue weighted by molar-refractivity contribution is 0.0978. The van der Waals surface area contributed by atoms with Gasteiger partial charge in [0.2, 0.25) is 5.88 Å². The first-order valence-corrected chi connectivity index (χ1v) is 5.55. The van der Waals surface area contributed by atoms with Gasteiger partial charge in [-0.25, -0.2) is 4.98 Å². The Labute approximate surface area is 93.8 Å². The average molecular weight is 258 g/mol. The van der Waals surface area contributed by atoms with E-state index in [9.17, 15) is 0 Å². The van der Waals surface area contributed by atoms with Crippen LogP contribution in [0.5, 0.6) is 5.88 Å². The van der Waals surface area contributed by atoms with Crippen LogP contribution in [-0.4, -0.2) is 10.6 Å². The van der Waals surface area contributed by atoms with Gasteiger partial charge in [-0.05, 0) is 54.8 Å². The third-order valence-corrected chi connectivity index (χ3v) is 3.24. The number of hydrogen-bond donors (Lipinski definition) is 0. The molecule has 0 aliphatic heterocycles. The van der Waals surface area contributed by atoms with Crippen LogP contribution < -0.4 is 4.74 Å². The van der Waals surface area contributed by atoms with Gasteiger partial charge in [0, 0.05) is 6.20 Å². The molecule has 0 fully saturated rings. The van der Waals surface area contributed by atoms with Crippen LogP contribution in [0.4, 0.5) is 0 Å². The van der Waals surface area contributed by atoms with E-state index in [1.165, 1.54) is 0 Å². The Morgan fingerprint density at radius 2 is 2.14 bits per heavy atom. The fourth-order valence-electron chi connectivity index (χ4n) is 0.920. The van der Waals surface area contributed by atoms with E-state index >= 15 is 0 Å². The molecule has 1 aromatic rings. The fraction of sp³-hybridized carbons (Fsp3) is 0.545. The summed E-state index contributed by atoms with van der Waals surface area (Å²) in [6, 6.07) is 1.95. The zero-order valence-corrected chi connectivity index (χ0v) is 10.7. The third kappa shape index (κ3) is 2.71. The quantitative estimate of drug-likeness (QED) is 0.824. The van der Waals surface area contributed by atoms with E-state index < -0.39 is 0 Å². The molecule has 0 aliphatic rings. The van der Waals surface area contributed by atoms with E-state index in [4.69, 9.17) is 4.74 Å². The number of halogens is 1. The molecule has 78 valence electrons. The minimum Gasteiger partial charge on any atom is -0.471 e. The maximum atomic E-state index is 5.80. The normalized spacial score (nSPS) is 11.5. The van der Waals surface area contributed by atoms with E-state index in [-0.39, 0.29) is 5.60 Å². The number of aryl methyl sites for hydroxylation is 1. The Kier molecular flexibility index (Phi) is 3.53. The van der Waals surface area contributed by atoms with Crippen molar-refractivity contribution >= 4 is 15.9 Å². The van der Waals surface area contributed by atoms with Crippen molar-refractivity contribution in [3.05, 3.63) is 22.3 Å². The Morgan fingerprint density at radius 3 is 2.71 bits per heavy atom. The van der Waals surface area contributed by atoms with Crippen LogP contribution in [0.25, 0.3) is 0 Å². The molecule has 0 aromatic carbocycles. The third-order valence-electron chi connectivity index (χ3n) is 2.27. The minimum atomic E-state index is -0.163. The lowest BCUT2D eigenvalue weighted by atomic mass is 10.1. The highest BCUT2D eigenvalue weighted by molar-refractivity contribution is 9.10. The predicted molar refractivity (Wildman–Crippen MR) is 61.7 cm³/mol. The van der Waals surface area contributed by atoms with Crippen LogP contribution in [0.1, 0.15) is 32.8 Å². The van der Waals surface area contributed by atoms with Gasteiger partial charge in [-0.3, -0.25) is 0 Å². The van der Waals surface area contributed by atoms with Gasteiger partial charge in [-0.15, -0.1) is 0 Å². The molecule has 0 amide bonds. The number of hydrogen-bond acceptors (Lipinski definition) is 2. The summed E-state index contributed by atoms with van der Waals surface area (Å²) >= 11 is 3.47. The van der Waals surface area contributed by atoms with Crippen LogP contribution in [0.3, 0.4) is 0 Å². The molecule has 1 rings (SSSR count). The van der Waals surface area contributed by atoms with E-state index in [1.807, 2.05) is 13.0 Å². The first-order chi connectivity index (χ1) is 6.46. The van der Waals surface area contributed by atoms with Gasteiger partial charge in [0.05, 0.1) is 4.47 Å². The summed E-state index contributed by atoms with van der Waals surface area (Å²) in [5, 5.41) is 0. The molecular formula is C11H16BrNO. The molecule has 0 atom stereocenters. The summed E-state index contributed by atoms with van der Waals surface area (Å²) in [7, 11) is 0. The summed E-state index contributed by atoms with van der Waals surface area (Å²) in [5.41, 5.74) is 0.977. The highest BCUT2D eigenvalue weighted by atomic mass is 79.9. The van der Waals surface area contributed by atoms with Crippen molar-refractivity contribution in [2.24, 2.45) is 0 Å². The van der Waals surface area contributed by atoms with Crippen LogP contribution in [0.15, 0.2) is 16.7 Å². The van der Waals surface area contributed by atoms with E-state index in [0.717, 1.165) is 16.5 Å². The lowest BCUT2D eigenvalue weighted by Gasteiger charge is -2.24. The molecule has 0 spiro atoms. The Bertz CT molecular complexity index is 323. The Hall–Kier alpha value is -0.570. The molecule has 0 bridgehead atoms. The van der Waals surface area contributed by atoms with Gasteiger partial charge in [0.1, 0.15) is 5.60 Å². The fourth-order valence-corrected chi connectivity index (χ4v) is 1.24. The van der Waals surface area contributed by atoms with Gasteiger partial charge >= 0.3 is 0 Å². The van der Waals surface area contributed by atoms with Crippen molar-refractivity contribution < 1.29 is 4.74 Å². The Morgan fingerprint density at radius 1 is 1.50 bits per heavy atom. The van der Waals surface area contributed by atoms with Crippen molar-refractivity contribution in [3.63, 3.8) is 0 Å². The number of aromatic nitrogens is 1. The van der Waals surface area contributed by atoms with E-state index in [0.29, 0.717) is 5.88 Å². The maximum Gasteiger partial charge on any atom is 0.228 e. The van der Waals surface area contributed by atoms with Crippen LogP contribution in [0.2, 0.25) is 0 Å². The second-order valence-corrected chi connectivity index (χ2v) is 4.76. The highest BCUT2D eigenvalue weighted by Gasteiger charge is 2.19. The molecule has 1 aromatic heterocycles. The minimum absolute atomic E-state index is 0.163. The van der Waals surface area contributed by atoms with Crippen molar-refractivity contribution in [1.29, 1.82) is 0 Å². The second kappa shape index (κ2) is 4.30. The van der Waals surface area contributed by atoms with Gasteiger partial charge in [-0.1, -0.05) is 6.92 Å². The van der Waals surface area contributed by atoms with Gasteiger partial charge in [0.25, 0.3) is 0 Å². The number of nitrogens with zero attached hydrogens (tertiary/aromatic N) is 1. The topological polar surface area (TPSA) is 22.1 Å². The average Bonchev–Trinajstić information content (AvgIpc) is 2.13. The molecule has 0 unspecified atom stereocenters. The molecule has 0 N–H and O–H groups in total. The number of ether oxygens (including phenoxy) is 1. The molecule has 1 heterocycles. The number of rotatable bonds is 3. The first-order valence-electron chi connectivity index (χ1n) is 4.76. The largest absolute Gasteiger partial charge is 0.471 e. The summed E-state index contributed by atoms with van der Waals surface area (Å²) in [5.74, 6) is 0.678. The molecule has 0 radical (unpaired) electrons. The molecular weight excluding hydrogens is 242 g/mol. The zero-order chi connectivity index (χ0) is 10.8. The van der Waals surface area contributed by atoms with Crippen LogP contribution >= 0.6 is 15.9 Å². The van der Waals surface area contributed by atoms with Gasteiger partial charge in [-0.2, -0.15) is 0 Å². The van der Waals surface area contributed by atoms with Gasteiger partial charge < -0.3 is 4.74 Å². The second-order valence-electron chi connectivity index (χ2n) is 3.96. The molecule has 0 aliphatic carbocycles. The summed E-state index contributed by atoms with van der Waals surface area (Å²) in [6.45, 7) is 8.24. The molecule has 0 saturated heterocycles. The van der Waals surface area contributed by atoms with Crippen molar-refractivity contribution in [2.45, 2.75) is 39.7 Å². The van der Waals surface area contributed by atoms with E-state index in [1.54, 1.807) is 6.20 Å². The Balaban J connectivity index is 2.92. The van der Waals surface area contributed by atoms with Crippen LogP contribution in [-0.2, 0) is 0 Å². The summed E-state index contributed by atoms with van der Waals surface area (Å²) < 4.78 is 6.75. The van der Waals surface area contributed by atoms with E-state index in [2.05, 4.69) is 41.7 Å². The molecule has 14 heavy (non-hydrogen) atoms.